The number of ketones is 1. The van der Waals surface area contributed by atoms with Crippen LogP contribution in [0.3, 0.4) is 0 Å². The zero-order chi connectivity index (χ0) is 17.2. The summed E-state index contributed by atoms with van der Waals surface area (Å²) in [6.07, 6.45) is 1.11. The van der Waals surface area contributed by atoms with E-state index >= 15 is 0 Å². The molecule has 1 unspecified atom stereocenters. The van der Waals surface area contributed by atoms with Crippen molar-refractivity contribution in [1.82, 2.24) is 4.90 Å². The van der Waals surface area contributed by atoms with E-state index in [0.29, 0.717) is 25.3 Å². The molecule has 5 nitrogen and oxygen atoms in total. The molecule has 1 heterocycles. The maximum atomic E-state index is 12.7. The van der Waals surface area contributed by atoms with Crippen molar-refractivity contribution in [3.63, 3.8) is 0 Å². The standard InChI is InChI=1S/C18H25N3O2/c1-12(2)10-18(4)16(23)21(17(19)20-18)11-15-7-5-14(6-8-15)9-13(3)22/h5-8,12H,9-11H2,1-4H3,(H2,19,20). The van der Waals surface area contributed by atoms with E-state index in [1.807, 2.05) is 31.2 Å². The summed E-state index contributed by atoms with van der Waals surface area (Å²) < 4.78 is 0. The number of carbonyl (C=O) groups is 2. The number of guanidine groups is 1. The van der Waals surface area contributed by atoms with Crippen molar-refractivity contribution >= 4 is 17.6 Å². The van der Waals surface area contributed by atoms with Crippen molar-refractivity contribution in [2.75, 3.05) is 0 Å². The van der Waals surface area contributed by atoms with E-state index in [-0.39, 0.29) is 17.6 Å². The number of aliphatic imine (C=N–C) groups is 1. The summed E-state index contributed by atoms with van der Waals surface area (Å²) in [6.45, 7) is 7.96. The van der Waals surface area contributed by atoms with E-state index in [2.05, 4.69) is 18.8 Å². The Labute approximate surface area is 137 Å². The van der Waals surface area contributed by atoms with E-state index in [4.69, 9.17) is 5.73 Å². The van der Waals surface area contributed by atoms with Crippen LogP contribution in [0, 0.1) is 5.92 Å². The van der Waals surface area contributed by atoms with Gasteiger partial charge in [0.2, 0.25) is 0 Å². The lowest BCUT2D eigenvalue weighted by atomic mass is 9.91. The molecule has 124 valence electrons. The van der Waals surface area contributed by atoms with Gasteiger partial charge in [0, 0.05) is 6.42 Å². The van der Waals surface area contributed by atoms with Gasteiger partial charge in [0.15, 0.2) is 5.96 Å². The normalized spacial score (nSPS) is 21.0. The molecule has 0 aromatic heterocycles. The van der Waals surface area contributed by atoms with Crippen molar-refractivity contribution < 1.29 is 9.59 Å². The lowest BCUT2D eigenvalue weighted by molar-refractivity contribution is -0.131. The van der Waals surface area contributed by atoms with Gasteiger partial charge in [-0.05, 0) is 37.3 Å². The minimum atomic E-state index is -0.757. The molecule has 1 aromatic rings. The van der Waals surface area contributed by atoms with Gasteiger partial charge in [0.1, 0.15) is 11.3 Å². The zero-order valence-corrected chi connectivity index (χ0v) is 14.3. The average Bonchev–Trinajstić information content (AvgIpc) is 2.62. The van der Waals surface area contributed by atoms with Crippen LogP contribution in [0.15, 0.2) is 29.3 Å². The lowest BCUT2D eigenvalue weighted by Crippen LogP contribution is -2.43. The van der Waals surface area contributed by atoms with Gasteiger partial charge in [-0.25, -0.2) is 4.99 Å². The highest BCUT2D eigenvalue weighted by Crippen LogP contribution is 2.29. The van der Waals surface area contributed by atoms with E-state index in [0.717, 1.165) is 11.1 Å². The third-order valence-corrected chi connectivity index (χ3v) is 3.97. The van der Waals surface area contributed by atoms with E-state index in [1.54, 1.807) is 11.8 Å². The fourth-order valence-electron chi connectivity index (χ4n) is 3.07. The minimum Gasteiger partial charge on any atom is -0.369 e. The van der Waals surface area contributed by atoms with Crippen LogP contribution >= 0.6 is 0 Å². The second kappa shape index (κ2) is 6.52. The third kappa shape index (κ3) is 3.97. The Morgan fingerprint density at radius 2 is 1.83 bits per heavy atom. The van der Waals surface area contributed by atoms with E-state index < -0.39 is 5.54 Å². The van der Waals surface area contributed by atoms with Crippen LogP contribution in [-0.2, 0) is 22.6 Å². The fourth-order valence-corrected chi connectivity index (χ4v) is 3.07. The highest BCUT2D eigenvalue weighted by molar-refractivity contribution is 6.06. The number of benzene rings is 1. The molecule has 0 spiro atoms. The summed E-state index contributed by atoms with van der Waals surface area (Å²) in [5.74, 6) is 0.738. The quantitative estimate of drug-likeness (QED) is 0.875. The number of carbonyl (C=O) groups excluding carboxylic acids is 2. The number of amides is 1. The maximum absolute atomic E-state index is 12.7. The molecule has 1 aliphatic rings. The molecule has 5 heteroatoms. The Bertz CT molecular complexity index is 634. The van der Waals surface area contributed by atoms with Gasteiger partial charge >= 0.3 is 0 Å². The summed E-state index contributed by atoms with van der Waals surface area (Å²) in [6, 6.07) is 7.68. The number of nitrogens with zero attached hydrogens (tertiary/aromatic N) is 2. The predicted molar refractivity (Wildman–Crippen MR) is 90.9 cm³/mol. The first-order valence-corrected chi connectivity index (χ1v) is 7.96. The number of rotatable bonds is 6. The molecule has 0 radical (unpaired) electrons. The fraction of sp³-hybridized carbons (Fsp3) is 0.500. The van der Waals surface area contributed by atoms with E-state index in [1.165, 1.54) is 0 Å². The molecular formula is C18H25N3O2. The highest BCUT2D eigenvalue weighted by atomic mass is 16.2. The summed E-state index contributed by atoms with van der Waals surface area (Å²) >= 11 is 0. The molecule has 1 atom stereocenters. The Balaban J connectivity index is 2.10. The molecule has 0 aliphatic carbocycles. The zero-order valence-electron chi connectivity index (χ0n) is 14.3. The van der Waals surface area contributed by atoms with Gasteiger partial charge in [0.25, 0.3) is 5.91 Å². The van der Waals surface area contributed by atoms with Gasteiger partial charge in [-0.2, -0.15) is 0 Å². The number of hydrogen-bond acceptors (Lipinski definition) is 4. The SMILES string of the molecule is CC(=O)Cc1ccc(CN2C(=O)C(C)(CC(C)C)N=C2N)cc1. The van der Waals surface area contributed by atoms with Crippen LogP contribution in [0.25, 0.3) is 0 Å². The van der Waals surface area contributed by atoms with E-state index in [9.17, 15) is 9.59 Å². The number of nitrogens with two attached hydrogens (primary N) is 1. The van der Waals surface area contributed by atoms with Crippen molar-refractivity contribution in [3.05, 3.63) is 35.4 Å². The van der Waals surface area contributed by atoms with Gasteiger partial charge < -0.3 is 5.73 Å². The molecule has 23 heavy (non-hydrogen) atoms. The largest absolute Gasteiger partial charge is 0.369 e. The predicted octanol–water partition coefficient (Wildman–Crippen LogP) is 2.28. The molecule has 1 amide bonds. The Hall–Kier alpha value is -2.17. The molecule has 0 saturated heterocycles. The number of Topliss-reactive ketones (excluding diaryl/α,β-unsaturated/α-hetero) is 1. The van der Waals surface area contributed by atoms with Crippen molar-refractivity contribution in [2.45, 2.75) is 52.6 Å². The van der Waals surface area contributed by atoms with Gasteiger partial charge in [-0.15, -0.1) is 0 Å². The summed E-state index contributed by atoms with van der Waals surface area (Å²) in [5, 5.41) is 0. The monoisotopic (exact) mass is 315 g/mol. The molecule has 1 aromatic carbocycles. The topological polar surface area (TPSA) is 75.8 Å². The Morgan fingerprint density at radius 1 is 1.26 bits per heavy atom. The Morgan fingerprint density at radius 3 is 2.35 bits per heavy atom. The van der Waals surface area contributed by atoms with Crippen LogP contribution in [-0.4, -0.2) is 28.1 Å². The third-order valence-electron chi connectivity index (χ3n) is 3.97. The first kappa shape index (κ1) is 17.2. The molecule has 0 fully saturated rings. The smallest absolute Gasteiger partial charge is 0.257 e. The van der Waals surface area contributed by atoms with Crippen LogP contribution in [0.5, 0.6) is 0 Å². The average molecular weight is 315 g/mol. The molecule has 0 bridgehead atoms. The van der Waals surface area contributed by atoms with Crippen LogP contribution in [0.4, 0.5) is 0 Å². The van der Waals surface area contributed by atoms with Gasteiger partial charge in [-0.1, -0.05) is 38.1 Å². The van der Waals surface area contributed by atoms with Gasteiger partial charge in [-0.3, -0.25) is 14.5 Å². The minimum absolute atomic E-state index is 0.0449. The molecular weight excluding hydrogens is 290 g/mol. The van der Waals surface area contributed by atoms with Crippen LogP contribution < -0.4 is 5.73 Å². The van der Waals surface area contributed by atoms with Crippen molar-refractivity contribution in [1.29, 1.82) is 0 Å². The first-order valence-electron chi connectivity index (χ1n) is 7.96. The highest BCUT2D eigenvalue weighted by Gasteiger charge is 2.43. The van der Waals surface area contributed by atoms with Crippen molar-refractivity contribution in [2.24, 2.45) is 16.6 Å². The second-order valence-corrected chi connectivity index (χ2v) is 6.93. The first-order chi connectivity index (χ1) is 10.7. The Kier molecular flexibility index (Phi) is 4.88. The second-order valence-electron chi connectivity index (χ2n) is 6.93. The maximum Gasteiger partial charge on any atom is 0.257 e. The molecule has 2 N–H and O–H groups in total. The molecule has 2 rings (SSSR count). The van der Waals surface area contributed by atoms with Crippen molar-refractivity contribution in [3.8, 4) is 0 Å². The summed E-state index contributed by atoms with van der Waals surface area (Å²) in [5.41, 5.74) is 7.16. The lowest BCUT2D eigenvalue weighted by Gasteiger charge is -2.23. The molecule has 1 aliphatic heterocycles. The molecule has 0 saturated carbocycles. The van der Waals surface area contributed by atoms with Crippen LogP contribution in [0.1, 0.15) is 45.2 Å². The van der Waals surface area contributed by atoms with Gasteiger partial charge in [0.05, 0.1) is 6.54 Å². The number of hydrogen-bond donors (Lipinski definition) is 1. The summed E-state index contributed by atoms with van der Waals surface area (Å²) in [4.78, 5) is 29.8. The summed E-state index contributed by atoms with van der Waals surface area (Å²) in [7, 11) is 0. The van der Waals surface area contributed by atoms with Crippen LogP contribution in [0.2, 0.25) is 0 Å².